The highest BCUT2D eigenvalue weighted by Crippen LogP contribution is 2.37. The zero-order chi connectivity index (χ0) is 12.4. The topological polar surface area (TPSA) is 21.3 Å². The van der Waals surface area contributed by atoms with Crippen molar-refractivity contribution in [2.45, 2.75) is 37.8 Å². The maximum atomic E-state index is 6.04. The van der Waals surface area contributed by atoms with E-state index in [2.05, 4.69) is 45.5 Å². The van der Waals surface area contributed by atoms with E-state index in [1.54, 1.807) is 0 Å². The van der Waals surface area contributed by atoms with Gasteiger partial charge in [-0.3, -0.25) is 0 Å². The highest BCUT2D eigenvalue weighted by atomic mass is 79.9. The van der Waals surface area contributed by atoms with Crippen LogP contribution in [0.5, 0.6) is 0 Å². The van der Waals surface area contributed by atoms with Crippen LogP contribution in [0.1, 0.15) is 37.4 Å². The largest absolute Gasteiger partial charge is 0.373 e. The molecule has 0 bridgehead atoms. The average Bonchev–Trinajstić information content (AvgIpc) is 3.22. The lowest BCUT2D eigenvalue weighted by Gasteiger charge is -2.33. The van der Waals surface area contributed by atoms with Crippen molar-refractivity contribution in [3.63, 3.8) is 0 Å². The molecule has 2 nitrogen and oxygen atoms in total. The lowest BCUT2D eigenvalue weighted by atomic mass is 9.89. The Labute approximate surface area is 117 Å². The van der Waals surface area contributed by atoms with Crippen LogP contribution in [0.2, 0.25) is 0 Å². The maximum Gasteiger partial charge on any atom is 0.0876 e. The van der Waals surface area contributed by atoms with E-state index in [-0.39, 0.29) is 6.10 Å². The molecule has 1 aliphatic carbocycles. The summed E-state index contributed by atoms with van der Waals surface area (Å²) in [5.41, 5.74) is 1.31. The fourth-order valence-corrected chi connectivity index (χ4v) is 3.22. The van der Waals surface area contributed by atoms with Crippen molar-refractivity contribution in [1.82, 2.24) is 5.32 Å². The second kappa shape index (κ2) is 5.72. The van der Waals surface area contributed by atoms with Crippen molar-refractivity contribution in [3.05, 3.63) is 34.3 Å². The van der Waals surface area contributed by atoms with E-state index in [0.29, 0.717) is 5.92 Å². The molecule has 2 aliphatic rings. The van der Waals surface area contributed by atoms with Gasteiger partial charge in [-0.05, 0) is 37.3 Å². The molecule has 0 amide bonds. The minimum Gasteiger partial charge on any atom is -0.373 e. The number of halogens is 1. The van der Waals surface area contributed by atoms with E-state index in [9.17, 15) is 0 Å². The van der Waals surface area contributed by atoms with Gasteiger partial charge in [-0.1, -0.05) is 34.1 Å². The minimum atomic E-state index is 0.251. The summed E-state index contributed by atoms with van der Waals surface area (Å²) in [6, 6.07) is 9.24. The zero-order valence-corrected chi connectivity index (χ0v) is 12.2. The van der Waals surface area contributed by atoms with Crippen LogP contribution in [-0.4, -0.2) is 19.2 Å². The van der Waals surface area contributed by atoms with E-state index in [0.717, 1.165) is 19.2 Å². The van der Waals surface area contributed by atoms with Crippen molar-refractivity contribution in [2.24, 2.45) is 5.92 Å². The SMILES string of the molecule is Brc1ccccc1C1OCCCC1CNC1CC1. The Morgan fingerprint density at radius 2 is 2.06 bits per heavy atom. The molecule has 1 aromatic carbocycles. The molecule has 1 N–H and O–H groups in total. The van der Waals surface area contributed by atoms with Crippen molar-refractivity contribution < 1.29 is 4.74 Å². The van der Waals surface area contributed by atoms with Crippen LogP contribution in [0.4, 0.5) is 0 Å². The molecule has 1 heterocycles. The van der Waals surface area contributed by atoms with Gasteiger partial charge in [-0.25, -0.2) is 0 Å². The van der Waals surface area contributed by atoms with E-state index >= 15 is 0 Å². The summed E-state index contributed by atoms with van der Waals surface area (Å²) >= 11 is 3.65. The second-order valence-electron chi connectivity index (χ2n) is 5.40. The Morgan fingerprint density at radius 3 is 2.83 bits per heavy atom. The number of benzene rings is 1. The standard InChI is InChI=1S/C15H20BrNO/c16-14-6-2-1-5-13(14)15-11(4-3-9-18-15)10-17-12-7-8-12/h1-2,5-6,11-12,15,17H,3-4,7-10H2. The van der Waals surface area contributed by atoms with Gasteiger partial charge in [-0.15, -0.1) is 0 Å². The van der Waals surface area contributed by atoms with Crippen LogP contribution >= 0.6 is 15.9 Å². The van der Waals surface area contributed by atoms with E-state index in [4.69, 9.17) is 4.74 Å². The normalized spacial score (nSPS) is 28.3. The summed E-state index contributed by atoms with van der Waals surface area (Å²) in [6.45, 7) is 1.99. The Hall–Kier alpha value is -0.380. The van der Waals surface area contributed by atoms with Crippen molar-refractivity contribution in [3.8, 4) is 0 Å². The van der Waals surface area contributed by atoms with Crippen LogP contribution in [-0.2, 0) is 4.74 Å². The lowest BCUT2D eigenvalue weighted by Crippen LogP contribution is -2.33. The molecule has 1 aromatic rings. The molecule has 0 aromatic heterocycles. The minimum absolute atomic E-state index is 0.251. The smallest absolute Gasteiger partial charge is 0.0876 e. The number of nitrogens with one attached hydrogen (secondary N) is 1. The Bertz CT molecular complexity index is 405. The molecular weight excluding hydrogens is 290 g/mol. The number of ether oxygens (including phenoxy) is 1. The van der Waals surface area contributed by atoms with Crippen LogP contribution in [0.3, 0.4) is 0 Å². The molecule has 1 aliphatic heterocycles. The Balaban J connectivity index is 1.71. The number of rotatable bonds is 4. The highest BCUT2D eigenvalue weighted by molar-refractivity contribution is 9.10. The molecule has 3 heteroatoms. The van der Waals surface area contributed by atoms with E-state index in [1.165, 1.54) is 35.7 Å². The van der Waals surface area contributed by atoms with Crippen molar-refractivity contribution in [2.75, 3.05) is 13.2 Å². The average molecular weight is 310 g/mol. The van der Waals surface area contributed by atoms with Gasteiger partial charge in [0, 0.05) is 29.6 Å². The first-order valence-electron chi connectivity index (χ1n) is 6.94. The van der Waals surface area contributed by atoms with Gasteiger partial charge in [-0.2, -0.15) is 0 Å². The Morgan fingerprint density at radius 1 is 1.22 bits per heavy atom. The molecule has 2 atom stereocenters. The molecule has 0 spiro atoms. The number of hydrogen-bond acceptors (Lipinski definition) is 2. The first-order chi connectivity index (χ1) is 8.84. The summed E-state index contributed by atoms with van der Waals surface area (Å²) in [5.74, 6) is 0.609. The third-order valence-electron chi connectivity index (χ3n) is 3.90. The third kappa shape index (κ3) is 2.95. The zero-order valence-electron chi connectivity index (χ0n) is 10.6. The molecular formula is C15H20BrNO. The third-order valence-corrected chi connectivity index (χ3v) is 4.62. The van der Waals surface area contributed by atoms with Crippen LogP contribution in [0.25, 0.3) is 0 Å². The molecule has 2 fully saturated rings. The van der Waals surface area contributed by atoms with Gasteiger partial charge in [0.05, 0.1) is 6.10 Å². The second-order valence-corrected chi connectivity index (χ2v) is 6.25. The summed E-state index contributed by atoms with van der Waals surface area (Å²) < 4.78 is 7.21. The quantitative estimate of drug-likeness (QED) is 0.916. The molecule has 1 saturated carbocycles. The van der Waals surface area contributed by atoms with Crippen molar-refractivity contribution >= 4 is 15.9 Å². The predicted molar refractivity (Wildman–Crippen MR) is 76.6 cm³/mol. The molecule has 3 rings (SSSR count). The summed E-state index contributed by atoms with van der Waals surface area (Å²) in [7, 11) is 0. The fraction of sp³-hybridized carbons (Fsp3) is 0.600. The molecule has 98 valence electrons. The van der Waals surface area contributed by atoms with Crippen molar-refractivity contribution in [1.29, 1.82) is 0 Å². The first kappa shape index (κ1) is 12.6. The van der Waals surface area contributed by atoms with Gasteiger partial charge in [0.2, 0.25) is 0 Å². The maximum absolute atomic E-state index is 6.04. The van der Waals surface area contributed by atoms with Gasteiger partial charge < -0.3 is 10.1 Å². The summed E-state index contributed by atoms with van der Waals surface area (Å²) in [4.78, 5) is 0. The molecule has 1 saturated heterocycles. The first-order valence-corrected chi connectivity index (χ1v) is 7.73. The monoisotopic (exact) mass is 309 g/mol. The highest BCUT2D eigenvalue weighted by Gasteiger charge is 2.30. The Kier molecular flexibility index (Phi) is 4.02. The van der Waals surface area contributed by atoms with Crippen LogP contribution in [0.15, 0.2) is 28.7 Å². The van der Waals surface area contributed by atoms with Gasteiger partial charge in [0.1, 0.15) is 0 Å². The van der Waals surface area contributed by atoms with Crippen LogP contribution in [0, 0.1) is 5.92 Å². The summed E-state index contributed by atoms with van der Waals surface area (Å²) in [5, 5.41) is 3.65. The van der Waals surface area contributed by atoms with Gasteiger partial charge in [0.15, 0.2) is 0 Å². The van der Waals surface area contributed by atoms with Crippen LogP contribution < -0.4 is 5.32 Å². The van der Waals surface area contributed by atoms with E-state index in [1.807, 2.05) is 0 Å². The molecule has 2 unspecified atom stereocenters. The predicted octanol–water partition coefficient (Wildman–Crippen LogP) is 3.67. The van der Waals surface area contributed by atoms with Gasteiger partial charge in [0.25, 0.3) is 0 Å². The van der Waals surface area contributed by atoms with E-state index < -0.39 is 0 Å². The van der Waals surface area contributed by atoms with Gasteiger partial charge >= 0.3 is 0 Å². The molecule has 0 radical (unpaired) electrons. The molecule has 18 heavy (non-hydrogen) atoms. The fourth-order valence-electron chi connectivity index (χ4n) is 2.71. The summed E-state index contributed by atoms with van der Waals surface area (Å²) in [6.07, 6.45) is 5.42. The number of hydrogen-bond donors (Lipinski definition) is 1. The lowest BCUT2D eigenvalue weighted by molar-refractivity contribution is -0.0282.